The zero-order valence-electron chi connectivity index (χ0n) is 15.7. The maximum absolute atomic E-state index is 12.7. The van der Waals surface area contributed by atoms with Crippen molar-refractivity contribution in [2.75, 3.05) is 13.2 Å². The van der Waals surface area contributed by atoms with Gasteiger partial charge in [0, 0.05) is 18.7 Å². The fourth-order valence-corrected chi connectivity index (χ4v) is 4.99. The molecule has 1 aliphatic heterocycles. The molecule has 6 heteroatoms. The van der Waals surface area contributed by atoms with Crippen molar-refractivity contribution in [3.63, 3.8) is 0 Å². The number of furan rings is 1. The van der Waals surface area contributed by atoms with Crippen molar-refractivity contribution in [3.8, 4) is 11.5 Å². The number of aromatic nitrogens is 1. The van der Waals surface area contributed by atoms with Gasteiger partial charge in [-0.2, -0.15) is 0 Å². The highest BCUT2D eigenvalue weighted by molar-refractivity contribution is 5.78. The van der Waals surface area contributed by atoms with Crippen LogP contribution in [0.15, 0.2) is 33.4 Å². The van der Waals surface area contributed by atoms with Gasteiger partial charge < -0.3 is 18.6 Å². The van der Waals surface area contributed by atoms with Crippen LogP contribution in [0.1, 0.15) is 45.7 Å². The number of carbonyl (C=O) groups excluding carboxylic acids is 1. The summed E-state index contributed by atoms with van der Waals surface area (Å²) in [6.45, 7) is 8.09. The van der Waals surface area contributed by atoms with E-state index in [1.807, 2.05) is 11.0 Å². The number of ether oxygens (including phenoxy) is 1. The molecule has 2 aromatic rings. The van der Waals surface area contributed by atoms with Crippen LogP contribution in [0.25, 0.3) is 11.5 Å². The van der Waals surface area contributed by atoms with Gasteiger partial charge in [0.15, 0.2) is 5.76 Å². The molecule has 2 aromatic heterocycles. The molecule has 4 rings (SSSR count). The Bertz CT molecular complexity index is 780. The number of hydrogen-bond donors (Lipinski definition) is 0. The van der Waals surface area contributed by atoms with Gasteiger partial charge in [-0.3, -0.25) is 4.79 Å². The van der Waals surface area contributed by atoms with Crippen molar-refractivity contribution < 1.29 is 18.5 Å². The third kappa shape index (κ3) is 3.43. The highest BCUT2D eigenvalue weighted by Gasteiger charge is 2.50. The second kappa shape index (κ2) is 6.27. The first-order chi connectivity index (χ1) is 12.3. The maximum Gasteiger partial charge on any atom is 0.248 e. The molecular weight excluding hydrogens is 332 g/mol. The molecule has 0 aromatic carbocycles. The fraction of sp³-hybridized carbons (Fsp3) is 0.600. The molecular formula is C20H26N2O4. The van der Waals surface area contributed by atoms with Crippen LogP contribution in [0, 0.1) is 10.8 Å². The van der Waals surface area contributed by atoms with E-state index in [4.69, 9.17) is 13.7 Å². The van der Waals surface area contributed by atoms with Crippen LogP contribution in [-0.4, -0.2) is 35.2 Å². The Morgan fingerprint density at radius 1 is 1.35 bits per heavy atom. The predicted molar refractivity (Wildman–Crippen MR) is 95.1 cm³/mol. The first-order valence-electron chi connectivity index (χ1n) is 9.20. The first-order valence-corrected chi connectivity index (χ1v) is 9.20. The van der Waals surface area contributed by atoms with Gasteiger partial charge in [0.05, 0.1) is 12.9 Å². The van der Waals surface area contributed by atoms with Gasteiger partial charge >= 0.3 is 0 Å². The van der Waals surface area contributed by atoms with Gasteiger partial charge in [-0.1, -0.05) is 25.9 Å². The lowest BCUT2D eigenvalue weighted by atomic mass is 9.65. The number of likely N-dealkylation sites (tertiary alicyclic amines) is 1. The second-order valence-electron chi connectivity index (χ2n) is 8.89. The molecule has 1 saturated carbocycles. The van der Waals surface area contributed by atoms with Crippen LogP contribution in [0.4, 0.5) is 0 Å². The van der Waals surface area contributed by atoms with Gasteiger partial charge in [0.2, 0.25) is 11.7 Å². The van der Waals surface area contributed by atoms with Crippen LogP contribution >= 0.6 is 0 Å². The van der Waals surface area contributed by atoms with Crippen molar-refractivity contribution in [1.82, 2.24) is 10.1 Å². The molecule has 2 fully saturated rings. The Morgan fingerprint density at radius 2 is 2.19 bits per heavy atom. The molecule has 3 heterocycles. The molecule has 0 spiro atoms. The van der Waals surface area contributed by atoms with E-state index < -0.39 is 0 Å². The van der Waals surface area contributed by atoms with Crippen LogP contribution in [0.5, 0.6) is 0 Å². The molecule has 26 heavy (non-hydrogen) atoms. The normalized spacial score (nSPS) is 27.0. The summed E-state index contributed by atoms with van der Waals surface area (Å²) in [5.74, 6) is 1.26. The van der Waals surface area contributed by atoms with Gasteiger partial charge in [0.25, 0.3) is 0 Å². The number of carbonyl (C=O) groups is 1. The number of hydrogen-bond acceptors (Lipinski definition) is 5. The average Bonchev–Trinajstić information content (AvgIpc) is 3.25. The lowest BCUT2D eigenvalue weighted by Crippen LogP contribution is -2.39. The zero-order chi connectivity index (χ0) is 18.4. The van der Waals surface area contributed by atoms with E-state index in [0.29, 0.717) is 28.7 Å². The summed E-state index contributed by atoms with van der Waals surface area (Å²) in [6, 6.07) is 5.72. The van der Waals surface area contributed by atoms with Crippen LogP contribution in [0.3, 0.4) is 0 Å². The molecule has 140 valence electrons. The third-order valence-electron chi connectivity index (χ3n) is 5.53. The highest BCUT2D eigenvalue weighted by Crippen LogP contribution is 2.52. The van der Waals surface area contributed by atoms with E-state index in [9.17, 15) is 4.79 Å². The summed E-state index contributed by atoms with van der Waals surface area (Å²) in [4.78, 5) is 14.7. The molecule has 0 N–H and O–H groups in total. The van der Waals surface area contributed by atoms with E-state index in [1.165, 1.54) is 6.42 Å². The summed E-state index contributed by atoms with van der Waals surface area (Å²) in [6.07, 6.45) is 4.94. The van der Waals surface area contributed by atoms with Gasteiger partial charge in [-0.25, -0.2) is 0 Å². The largest absolute Gasteiger partial charge is 0.461 e. The minimum absolute atomic E-state index is 0.0752. The summed E-state index contributed by atoms with van der Waals surface area (Å²) in [7, 11) is 0. The number of rotatable bonds is 5. The van der Waals surface area contributed by atoms with Gasteiger partial charge in [0.1, 0.15) is 12.3 Å². The van der Waals surface area contributed by atoms with E-state index >= 15 is 0 Å². The monoisotopic (exact) mass is 358 g/mol. The first kappa shape index (κ1) is 17.3. The molecule has 1 saturated heterocycles. The highest BCUT2D eigenvalue weighted by atomic mass is 16.5. The number of fused-ring (bicyclic) bond motifs is 2. The van der Waals surface area contributed by atoms with Crippen molar-refractivity contribution >= 4 is 5.91 Å². The summed E-state index contributed by atoms with van der Waals surface area (Å²) in [5.41, 5.74) is 1.19. The Balaban J connectivity index is 1.31. The molecule has 1 aliphatic carbocycles. The molecule has 0 unspecified atom stereocenters. The second-order valence-corrected chi connectivity index (χ2v) is 8.89. The third-order valence-corrected chi connectivity index (χ3v) is 5.53. The number of amides is 1. The zero-order valence-corrected chi connectivity index (χ0v) is 15.7. The lowest BCUT2D eigenvalue weighted by molar-refractivity contribution is -0.137. The van der Waals surface area contributed by atoms with Crippen molar-refractivity contribution in [2.24, 2.45) is 10.8 Å². The standard InChI is InChI=1S/C20H26N2O4/c1-19(2)8-15-9-20(3,12-19)13-22(15)18(23)11-24-10-14-7-17(26-21-14)16-5-4-6-25-16/h4-7,15H,8-13H2,1-3H3/t15-,20+/m0/s1. The minimum atomic E-state index is 0.0752. The van der Waals surface area contributed by atoms with Crippen molar-refractivity contribution in [1.29, 1.82) is 0 Å². The van der Waals surface area contributed by atoms with E-state index in [2.05, 4.69) is 25.9 Å². The topological polar surface area (TPSA) is 68.7 Å². The minimum Gasteiger partial charge on any atom is -0.461 e. The van der Waals surface area contributed by atoms with E-state index in [-0.39, 0.29) is 24.5 Å². The quantitative estimate of drug-likeness (QED) is 0.811. The van der Waals surface area contributed by atoms with Crippen LogP contribution in [0.2, 0.25) is 0 Å². The maximum atomic E-state index is 12.7. The number of nitrogens with zero attached hydrogens (tertiary/aromatic N) is 2. The molecule has 2 bridgehead atoms. The average molecular weight is 358 g/mol. The lowest BCUT2D eigenvalue weighted by Gasteiger charge is -2.39. The van der Waals surface area contributed by atoms with Crippen molar-refractivity contribution in [2.45, 2.75) is 52.7 Å². The van der Waals surface area contributed by atoms with E-state index in [0.717, 1.165) is 19.4 Å². The molecule has 6 nitrogen and oxygen atoms in total. The van der Waals surface area contributed by atoms with Gasteiger partial charge in [-0.15, -0.1) is 0 Å². The molecule has 2 aliphatic rings. The summed E-state index contributed by atoms with van der Waals surface area (Å²) >= 11 is 0. The fourth-order valence-electron chi connectivity index (χ4n) is 4.99. The SMILES string of the molecule is CC1(C)C[C@H]2C[C@@](C)(CN2C(=O)COCc2cc(-c3ccco3)on2)C1. The molecule has 2 atom stereocenters. The Hall–Kier alpha value is -2.08. The van der Waals surface area contributed by atoms with Crippen molar-refractivity contribution in [3.05, 3.63) is 30.2 Å². The van der Waals surface area contributed by atoms with Crippen LogP contribution in [-0.2, 0) is 16.1 Å². The van der Waals surface area contributed by atoms with E-state index in [1.54, 1.807) is 18.4 Å². The van der Waals surface area contributed by atoms with Crippen LogP contribution < -0.4 is 0 Å². The summed E-state index contributed by atoms with van der Waals surface area (Å²) in [5, 5.41) is 3.96. The Morgan fingerprint density at radius 3 is 2.96 bits per heavy atom. The Labute approximate surface area is 153 Å². The van der Waals surface area contributed by atoms with Gasteiger partial charge in [-0.05, 0) is 42.2 Å². The Kier molecular flexibility index (Phi) is 4.18. The summed E-state index contributed by atoms with van der Waals surface area (Å²) < 4.78 is 16.1. The molecule has 1 amide bonds. The predicted octanol–water partition coefficient (Wildman–Crippen LogP) is 3.88. The molecule has 0 radical (unpaired) electrons. The smallest absolute Gasteiger partial charge is 0.248 e.